The molecule has 0 bridgehead atoms. The molecule has 338 valence electrons. The molecule has 0 fully saturated rings. The predicted molar refractivity (Wildman–Crippen MR) is 231 cm³/mol. The number of alkyl carbamates (subject to hydrolysis) is 1. The summed E-state index contributed by atoms with van der Waals surface area (Å²) in [7, 11) is 0. The first kappa shape index (κ1) is 47.8. The van der Waals surface area contributed by atoms with Crippen LogP contribution in [0.4, 0.5) is 13.6 Å². The van der Waals surface area contributed by atoms with Crippen molar-refractivity contribution in [1.29, 1.82) is 0 Å². The molecule has 4 aromatic rings. The molecule has 7 amide bonds. The summed E-state index contributed by atoms with van der Waals surface area (Å²) in [5.74, 6) is -5.63. The average Bonchev–Trinajstić information content (AvgIpc) is 3.80. The number of nitrogens with zero attached hydrogens (tertiary/aromatic N) is 2. The van der Waals surface area contributed by atoms with Crippen molar-refractivity contribution in [1.82, 2.24) is 36.1 Å². The molecule has 0 aliphatic carbocycles. The first-order chi connectivity index (χ1) is 30.5. The van der Waals surface area contributed by atoms with Crippen molar-refractivity contribution < 1.29 is 47.1 Å². The summed E-state index contributed by atoms with van der Waals surface area (Å²) in [6.45, 7) is 5.55. The lowest BCUT2D eigenvalue weighted by atomic mass is 9.84. The first-order valence-corrected chi connectivity index (χ1v) is 20.5. The van der Waals surface area contributed by atoms with Gasteiger partial charge in [0.25, 0.3) is 11.8 Å². The molecular weight excluding hydrogens is 831 g/mol. The van der Waals surface area contributed by atoms with Crippen molar-refractivity contribution in [3.63, 3.8) is 0 Å². The van der Waals surface area contributed by atoms with Crippen LogP contribution in [0.3, 0.4) is 0 Å². The number of carbonyl (C=O) groups is 7. The van der Waals surface area contributed by atoms with Crippen LogP contribution in [-0.4, -0.2) is 89.3 Å². The maximum atomic E-state index is 15.1. The van der Waals surface area contributed by atoms with Gasteiger partial charge in [0.2, 0.25) is 23.6 Å². The Morgan fingerprint density at radius 3 is 2.05 bits per heavy atom. The minimum atomic E-state index is -1.53. The summed E-state index contributed by atoms with van der Waals surface area (Å²) in [4.78, 5) is 89.3. The first-order valence-electron chi connectivity index (χ1n) is 20.5. The molecule has 7 N–H and O–H groups in total. The molecule has 5 rings (SSSR count). The van der Waals surface area contributed by atoms with Gasteiger partial charge in [0.15, 0.2) is 0 Å². The van der Waals surface area contributed by atoms with Crippen LogP contribution in [0.15, 0.2) is 103 Å². The lowest BCUT2D eigenvalue weighted by Gasteiger charge is -2.33. The Labute approximate surface area is 369 Å². The standard InChI is InChI=1S/C46H52F2N8O8/c1-46(2,3)42(37-22-31(33-23-32(47)14-15-34(33)48)26-55(37)25-29-10-6-4-7-11-29)51-19-18-35(43(61)52-21-20-50-39(58)27-56-40(59)16-17-41(56)60)53-44(62)36(24-38(49)57)54-45(63)64-28-30-12-8-5-9-13-30/h4-17,22-23,26,35-36,42,51H,18-21,24-25,27-28H2,1-3H3,(H2,49,57)(H,50,58)(H,52,61)(H,53,62)(H,54,63)/t35-,36-,42-/m0/s1. The van der Waals surface area contributed by atoms with E-state index in [0.29, 0.717) is 17.7 Å². The van der Waals surface area contributed by atoms with Gasteiger partial charge in [0, 0.05) is 54.8 Å². The van der Waals surface area contributed by atoms with Gasteiger partial charge < -0.3 is 41.6 Å². The van der Waals surface area contributed by atoms with Crippen molar-refractivity contribution >= 4 is 41.5 Å². The molecule has 1 aromatic heterocycles. The molecule has 1 aliphatic heterocycles. The predicted octanol–water partition coefficient (Wildman–Crippen LogP) is 3.36. The number of amides is 7. The van der Waals surface area contributed by atoms with Crippen molar-refractivity contribution in [3.05, 3.63) is 132 Å². The zero-order valence-corrected chi connectivity index (χ0v) is 35.7. The van der Waals surface area contributed by atoms with Gasteiger partial charge in [-0.2, -0.15) is 0 Å². The van der Waals surface area contributed by atoms with Crippen LogP contribution < -0.4 is 32.3 Å². The minimum absolute atomic E-state index is 0.0464. The quantitative estimate of drug-likeness (QED) is 0.0533. The van der Waals surface area contributed by atoms with Crippen LogP contribution in [0.5, 0.6) is 0 Å². The van der Waals surface area contributed by atoms with E-state index in [9.17, 15) is 38.0 Å². The van der Waals surface area contributed by atoms with Gasteiger partial charge in [-0.05, 0) is 53.8 Å². The third-order valence-electron chi connectivity index (χ3n) is 10.1. The second-order valence-corrected chi connectivity index (χ2v) is 16.2. The molecule has 0 saturated carbocycles. The fourth-order valence-electron chi connectivity index (χ4n) is 6.94. The van der Waals surface area contributed by atoms with E-state index in [2.05, 4.69) is 26.6 Å². The number of primary amides is 1. The van der Waals surface area contributed by atoms with E-state index in [1.807, 2.05) is 55.7 Å². The molecular formula is C46H52F2N8O8. The van der Waals surface area contributed by atoms with Gasteiger partial charge in [0.1, 0.15) is 36.9 Å². The number of nitrogens with one attached hydrogen (secondary N) is 5. The molecule has 0 unspecified atom stereocenters. The van der Waals surface area contributed by atoms with E-state index < -0.39 is 89.7 Å². The number of hydrogen-bond donors (Lipinski definition) is 6. The fourth-order valence-corrected chi connectivity index (χ4v) is 6.94. The number of hydrogen-bond acceptors (Lipinski definition) is 9. The maximum Gasteiger partial charge on any atom is 0.408 e. The zero-order chi connectivity index (χ0) is 46.4. The molecule has 0 saturated heterocycles. The van der Waals surface area contributed by atoms with E-state index in [0.717, 1.165) is 46.5 Å². The Hall–Kier alpha value is -7.21. The zero-order valence-electron chi connectivity index (χ0n) is 35.7. The molecule has 16 nitrogen and oxygen atoms in total. The van der Waals surface area contributed by atoms with Crippen molar-refractivity contribution in [2.75, 3.05) is 26.2 Å². The van der Waals surface area contributed by atoms with Crippen molar-refractivity contribution in [3.8, 4) is 11.1 Å². The summed E-state index contributed by atoms with van der Waals surface area (Å²) >= 11 is 0. The summed E-state index contributed by atoms with van der Waals surface area (Å²) in [5.41, 5.74) is 7.80. The normalized spacial score (nSPS) is 13.8. The van der Waals surface area contributed by atoms with Crippen LogP contribution in [-0.2, 0) is 46.7 Å². The monoisotopic (exact) mass is 882 g/mol. The molecule has 3 atom stereocenters. The van der Waals surface area contributed by atoms with Gasteiger partial charge in [-0.15, -0.1) is 0 Å². The fraction of sp³-hybridized carbons (Fsp3) is 0.326. The van der Waals surface area contributed by atoms with E-state index in [-0.39, 0.29) is 38.2 Å². The van der Waals surface area contributed by atoms with Crippen LogP contribution in [0.2, 0.25) is 0 Å². The van der Waals surface area contributed by atoms with E-state index in [1.165, 1.54) is 0 Å². The summed E-state index contributed by atoms with van der Waals surface area (Å²) in [6.07, 6.45) is 2.17. The summed E-state index contributed by atoms with van der Waals surface area (Å²) in [5, 5.41) is 13.6. The van der Waals surface area contributed by atoms with Gasteiger partial charge in [-0.3, -0.25) is 33.7 Å². The minimum Gasteiger partial charge on any atom is -0.445 e. The van der Waals surface area contributed by atoms with E-state index in [1.54, 1.807) is 42.6 Å². The van der Waals surface area contributed by atoms with Gasteiger partial charge in [-0.1, -0.05) is 81.4 Å². The second kappa shape index (κ2) is 22.2. The smallest absolute Gasteiger partial charge is 0.408 e. The Morgan fingerprint density at radius 2 is 1.41 bits per heavy atom. The largest absolute Gasteiger partial charge is 0.445 e. The molecule has 64 heavy (non-hydrogen) atoms. The Kier molecular flexibility index (Phi) is 16.6. The maximum absolute atomic E-state index is 15.1. The number of carbonyl (C=O) groups excluding carboxylic acids is 7. The number of imide groups is 1. The molecule has 1 aliphatic rings. The third-order valence-corrected chi connectivity index (χ3v) is 10.1. The molecule has 0 spiro atoms. The van der Waals surface area contributed by atoms with E-state index in [4.69, 9.17) is 10.5 Å². The highest BCUT2D eigenvalue weighted by molar-refractivity contribution is 6.14. The van der Waals surface area contributed by atoms with Crippen molar-refractivity contribution in [2.24, 2.45) is 11.1 Å². The van der Waals surface area contributed by atoms with Crippen LogP contribution >= 0.6 is 0 Å². The van der Waals surface area contributed by atoms with Gasteiger partial charge in [0.05, 0.1) is 12.5 Å². The molecule has 0 radical (unpaired) electrons. The lowest BCUT2D eigenvalue weighted by molar-refractivity contribution is -0.141. The topological polar surface area (TPSA) is 223 Å². The van der Waals surface area contributed by atoms with Gasteiger partial charge >= 0.3 is 6.09 Å². The third kappa shape index (κ3) is 13.9. The number of halogens is 2. The highest BCUT2D eigenvalue weighted by Gasteiger charge is 2.32. The molecule has 2 heterocycles. The van der Waals surface area contributed by atoms with Gasteiger partial charge in [-0.25, -0.2) is 13.6 Å². The van der Waals surface area contributed by atoms with Crippen LogP contribution in [0.25, 0.3) is 11.1 Å². The molecule has 18 heteroatoms. The lowest BCUT2D eigenvalue weighted by Crippen LogP contribution is -2.55. The summed E-state index contributed by atoms with van der Waals surface area (Å²) < 4.78 is 36.7. The van der Waals surface area contributed by atoms with E-state index >= 15 is 4.39 Å². The number of aromatic nitrogens is 1. The number of ether oxygens (including phenoxy) is 1. The highest BCUT2D eigenvalue weighted by Crippen LogP contribution is 2.37. The van der Waals surface area contributed by atoms with Crippen LogP contribution in [0.1, 0.15) is 56.5 Å². The summed E-state index contributed by atoms with van der Waals surface area (Å²) in [6, 6.07) is 20.1. The second-order valence-electron chi connectivity index (χ2n) is 16.2. The Balaban J connectivity index is 1.34. The number of benzene rings is 3. The van der Waals surface area contributed by atoms with Crippen LogP contribution in [0, 0.1) is 17.0 Å². The van der Waals surface area contributed by atoms with Crippen molar-refractivity contribution in [2.45, 2.75) is 64.9 Å². The Bertz CT molecular complexity index is 2330. The number of rotatable bonds is 21. The highest BCUT2D eigenvalue weighted by atomic mass is 19.1. The average molecular weight is 883 g/mol. The Morgan fingerprint density at radius 1 is 0.766 bits per heavy atom. The molecule has 3 aromatic carbocycles. The SMILES string of the molecule is CC(C)(C)[C@@H](NCC[C@H](NC(=O)[C@H](CC(N)=O)NC(=O)OCc1ccccc1)C(=O)NCCNC(=O)CN1C(=O)C=CC1=O)c1cc(-c2cc(F)ccc2F)cn1Cc1ccccc1. The number of nitrogens with two attached hydrogens (primary N) is 1.